The van der Waals surface area contributed by atoms with Crippen molar-refractivity contribution in [2.75, 3.05) is 46.1 Å². The zero-order valence-electron chi connectivity index (χ0n) is 13.5. The molecule has 1 aromatic rings. The fourth-order valence-electron chi connectivity index (χ4n) is 2.36. The predicted octanol–water partition coefficient (Wildman–Crippen LogP) is 3.05. The first kappa shape index (κ1) is 20.8. The van der Waals surface area contributed by atoms with Gasteiger partial charge in [-0.2, -0.15) is 0 Å². The molecule has 1 heterocycles. The summed E-state index contributed by atoms with van der Waals surface area (Å²) in [6.45, 7) is 4.49. The highest BCUT2D eigenvalue weighted by Crippen LogP contribution is 2.34. The van der Waals surface area contributed by atoms with Crippen LogP contribution in [0.5, 0.6) is 5.75 Å². The van der Waals surface area contributed by atoms with Crippen LogP contribution in [0.15, 0.2) is 18.2 Å². The molecule has 0 radical (unpaired) electrons. The Labute approximate surface area is 144 Å². The fraction of sp³-hybridized carbons (Fsp3) is 0.533. The number of amides is 1. The van der Waals surface area contributed by atoms with Gasteiger partial charge < -0.3 is 19.9 Å². The van der Waals surface area contributed by atoms with E-state index in [4.69, 9.17) is 4.74 Å². The maximum atomic E-state index is 11.7. The van der Waals surface area contributed by atoms with E-state index in [1.807, 2.05) is 19.1 Å². The van der Waals surface area contributed by atoms with Gasteiger partial charge in [-0.05, 0) is 32.6 Å². The highest BCUT2D eigenvalue weighted by molar-refractivity contribution is 5.85. The van der Waals surface area contributed by atoms with Gasteiger partial charge >= 0.3 is 6.09 Å². The molecule has 1 amide bonds. The largest absolute Gasteiger partial charge is 0.414 e. The predicted molar refractivity (Wildman–Crippen MR) is 95.1 cm³/mol. The fourth-order valence-corrected chi connectivity index (χ4v) is 2.36. The number of halogens is 2. The van der Waals surface area contributed by atoms with Crippen molar-refractivity contribution in [1.29, 1.82) is 0 Å². The molecule has 2 rings (SSSR count). The van der Waals surface area contributed by atoms with Crippen molar-refractivity contribution in [3.8, 4) is 5.75 Å². The Morgan fingerprint density at radius 3 is 2.59 bits per heavy atom. The van der Waals surface area contributed by atoms with E-state index in [2.05, 4.69) is 30.4 Å². The molecular weight excluding hydrogens is 325 g/mol. The molecule has 0 aromatic heterocycles. The van der Waals surface area contributed by atoms with Crippen LogP contribution < -0.4 is 10.1 Å². The SMILES string of the molecule is CCN(C)C(=O)Oc1ccc2c(c1)NCC2CN(C)C.Cl.Cl. The lowest BCUT2D eigenvalue weighted by molar-refractivity contribution is 0.165. The Balaban J connectivity index is 0.00000220. The van der Waals surface area contributed by atoms with E-state index in [9.17, 15) is 4.79 Å². The summed E-state index contributed by atoms with van der Waals surface area (Å²) in [4.78, 5) is 15.5. The van der Waals surface area contributed by atoms with Gasteiger partial charge in [0.25, 0.3) is 0 Å². The number of nitrogens with one attached hydrogen (secondary N) is 1. The van der Waals surface area contributed by atoms with Crippen LogP contribution in [0.1, 0.15) is 18.4 Å². The van der Waals surface area contributed by atoms with Crippen molar-refractivity contribution in [2.45, 2.75) is 12.8 Å². The van der Waals surface area contributed by atoms with Crippen molar-refractivity contribution in [1.82, 2.24) is 9.80 Å². The van der Waals surface area contributed by atoms with Crippen LogP contribution in [0.4, 0.5) is 10.5 Å². The lowest BCUT2D eigenvalue weighted by Crippen LogP contribution is -2.29. The number of ether oxygens (including phenoxy) is 1. The zero-order chi connectivity index (χ0) is 14.7. The summed E-state index contributed by atoms with van der Waals surface area (Å²) in [5.74, 6) is 1.08. The second-order valence-electron chi connectivity index (χ2n) is 5.47. The van der Waals surface area contributed by atoms with Gasteiger partial charge in [-0.25, -0.2) is 4.79 Å². The van der Waals surface area contributed by atoms with Crippen LogP contribution in [0.25, 0.3) is 0 Å². The molecule has 1 aromatic carbocycles. The molecule has 126 valence electrons. The lowest BCUT2D eigenvalue weighted by atomic mass is 10.0. The first-order valence-corrected chi connectivity index (χ1v) is 6.96. The number of fused-ring (bicyclic) bond motifs is 1. The third-order valence-electron chi connectivity index (χ3n) is 3.58. The van der Waals surface area contributed by atoms with E-state index in [0.717, 1.165) is 18.8 Å². The Morgan fingerprint density at radius 1 is 1.32 bits per heavy atom. The number of rotatable bonds is 4. The molecule has 0 fully saturated rings. The summed E-state index contributed by atoms with van der Waals surface area (Å²) < 4.78 is 5.35. The Bertz CT molecular complexity index is 498. The van der Waals surface area contributed by atoms with E-state index >= 15 is 0 Å². The number of likely N-dealkylation sites (N-methyl/N-ethyl adjacent to an activating group) is 1. The summed E-state index contributed by atoms with van der Waals surface area (Å²) >= 11 is 0. The third kappa shape index (κ3) is 4.93. The monoisotopic (exact) mass is 349 g/mol. The van der Waals surface area contributed by atoms with Gasteiger partial charge in [0.2, 0.25) is 0 Å². The summed E-state index contributed by atoms with van der Waals surface area (Å²) in [5.41, 5.74) is 2.36. The molecule has 0 saturated carbocycles. The van der Waals surface area contributed by atoms with Crippen molar-refractivity contribution >= 4 is 36.6 Å². The van der Waals surface area contributed by atoms with Crippen LogP contribution in [0, 0.1) is 0 Å². The van der Waals surface area contributed by atoms with Gasteiger partial charge in [0, 0.05) is 44.4 Å². The van der Waals surface area contributed by atoms with Crippen LogP contribution in [0.3, 0.4) is 0 Å². The topological polar surface area (TPSA) is 44.8 Å². The molecule has 1 aliphatic heterocycles. The van der Waals surface area contributed by atoms with Crippen molar-refractivity contribution < 1.29 is 9.53 Å². The number of nitrogens with zero attached hydrogens (tertiary/aromatic N) is 2. The van der Waals surface area contributed by atoms with Crippen LogP contribution in [-0.4, -0.2) is 56.7 Å². The van der Waals surface area contributed by atoms with Crippen molar-refractivity contribution in [2.24, 2.45) is 0 Å². The second-order valence-corrected chi connectivity index (χ2v) is 5.47. The Hall–Kier alpha value is -1.17. The zero-order valence-corrected chi connectivity index (χ0v) is 15.1. The maximum Gasteiger partial charge on any atom is 0.414 e. The molecule has 1 unspecified atom stereocenters. The molecule has 0 saturated heterocycles. The van der Waals surface area contributed by atoms with Gasteiger partial charge in [-0.1, -0.05) is 6.07 Å². The summed E-state index contributed by atoms with van der Waals surface area (Å²) in [6.07, 6.45) is -0.324. The first-order chi connectivity index (χ1) is 9.51. The number of hydrogen-bond donors (Lipinski definition) is 1. The smallest absolute Gasteiger partial charge is 0.410 e. The first-order valence-electron chi connectivity index (χ1n) is 6.96. The van der Waals surface area contributed by atoms with E-state index in [0.29, 0.717) is 18.2 Å². The van der Waals surface area contributed by atoms with Gasteiger partial charge in [0.1, 0.15) is 5.75 Å². The normalized spacial score (nSPS) is 15.2. The van der Waals surface area contributed by atoms with E-state index in [1.54, 1.807) is 7.05 Å². The highest BCUT2D eigenvalue weighted by Gasteiger charge is 2.23. The standard InChI is InChI=1S/C15H23N3O2.2ClH/c1-5-18(4)15(19)20-12-6-7-13-11(10-17(2)3)9-16-14(13)8-12;;/h6-8,11,16H,5,9-10H2,1-4H3;2*1H. The molecule has 1 atom stereocenters. The second kappa shape index (κ2) is 9.08. The average Bonchev–Trinajstić information content (AvgIpc) is 2.79. The van der Waals surface area contributed by atoms with Crippen molar-refractivity contribution in [3.63, 3.8) is 0 Å². The van der Waals surface area contributed by atoms with E-state index in [-0.39, 0.29) is 30.9 Å². The minimum Gasteiger partial charge on any atom is -0.410 e. The molecule has 1 aliphatic rings. The summed E-state index contributed by atoms with van der Waals surface area (Å²) in [7, 11) is 5.88. The minimum absolute atomic E-state index is 0. The average molecular weight is 350 g/mol. The van der Waals surface area contributed by atoms with Crippen LogP contribution in [-0.2, 0) is 0 Å². The number of anilines is 1. The molecule has 1 N–H and O–H groups in total. The van der Waals surface area contributed by atoms with E-state index in [1.165, 1.54) is 10.5 Å². The minimum atomic E-state index is -0.324. The maximum absolute atomic E-state index is 11.7. The Kier molecular flexibility index (Phi) is 8.60. The number of carbonyl (C=O) groups is 1. The van der Waals surface area contributed by atoms with Gasteiger partial charge in [-0.15, -0.1) is 24.8 Å². The van der Waals surface area contributed by atoms with Crippen LogP contribution in [0.2, 0.25) is 0 Å². The Morgan fingerprint density at radius 2 is 2.00 bits per heavy atom. The van der Waals surface area contributed by atoms with Gasteiger partial charge in [0.05, 0.1) is 0 Å². The molecular formula is C15H25Cl2N3O2. The quantitative estimate of drug-likeness (QED) is 0.907. The number of carbonyl (C=O) groups excluding carboxylic acids is 1. The third-order valence-corrected chi connectivity index (χ3v) is 3.58. The van der Waals surface area contributed by atoms with Gasteiger partial charge in [0.15, 0.2) is 0 Å². The number of hydrogen-bond acceptors (Lipinski definition) is 4. The van der Waals surface area contributed by atoms with Crippen LogP contribution >= 0.6 is 24.8 Å². The summed E-state index contributed by atoms with van der Waals surface area (Å²) in [5, 5.41) is 3.38. The molecule has 22 heavy (non-hydrogen) atoms. The molecule has 5 nitrogen and oxygen atoms in total. The van der Waals surface area contributed by atoms with Crippen molar-refractivity contribution in [3.05, 3.63) is 23.8 Å². The molecule has 7 heteroatoms. The highest BCUT2D eigenvalue weighted by atomic mass is 35.5. The molecule has 0 spiro atoms. The summed E-state index contributed by atoms with van der Waals surface area (Å²) in [6, 6.07) is 5.83. The van der Waals surface area contributed by atoms with Gasteiger partial charge in [-0.3, -0.25) is 0 Å². The molecule has 0 bridgehead atoms. The number of benzene rings is 1. The van der Waals surface area contributed by atoms with E-state index < -0.39 is 0 Å². The molecule has 0 aliphatic carbocycles. The lowest BCUT2D eigenvalue weighted by Gasteiger charge is -2.16.